The predicted octanol–water partition coefficient (Wildman–Crippen LogP) is 4.41. The van der Waals surface area contributed by atoms with Crippen LogP contribution >= 0.6 is 23.2 Å². The zero-order valence-corrected chi connectivity index (χ0v) is 14.5. The van der Waals surface area contributed by atoms with Crippen LogP contribution in [0.1, 0.15) is 12.5 Å². The lowest BCUT2D eigenvalue weighted by molar-refractivity contribution is -0.147. The van der Waals surface area contributed by atoms with Gasteiger partial charge in [0.1, 0.15) is 0 Å². The molecular formula is C19H15Cl2NO2. The lowest BCUT2D eigenvalue weighted by atomic mass is 9.74. The van der Waals surface area contributed by atoms with Crippen molar-refractivity contribution in [3.8, 4) is 0 Å². The number of carbonyl (C=O) groups is 1. The lowest BCUT2D eigenvalue weighted by Crippen LogP contribution is -2.77. The van der Waals surface area contributed by atoms with Gasteiger partial charge < -0.3 is 4.74 Å². The molecule has 2 aliphatic rings. The zero-order chi connectivity index (χ0) is 16.9. The summed E-state index contributed by atoms with van der Waals surface area (Å²) in [6, 6.07) is 19.0. The molecule has 122 valence electrons. The highest BCUT2D eigenvalue weighted by atomic mass is 35.5. The van der Waals surface area contributed by atoms with Gasteiger partial charge in [-0.1, -0.05) is 71.7 Å². The van der Waals surface area contributed by atoms with Crippen LogP contribution in [0.4, 0.5) is 5.69 Å². The van der Waals surface area contributed by atoms with E-state index in [9.17, 15) is 4.79 Å². The Hall–Kier alpha value is -1.81. The number of para-hydroxylation sites is 1. The molecule has 2 atom stereocenters. The molecule has 1 amide bonds. The van der Waals surface area contributed by atoms with Crippen LogP contribution in [0.5, 0.6) is 0 Å². The van der Waals surface area contributed by atoms with Gasteiger partial charge in [0.05, 0.1) is 6.61 Å². The van der Waals surface area contributed by atoms with Crippen molar-refractivity contribution in [1.82, 2.24) is 0 Å². The molecular weight excluding hydrogens is 345 g/mol. The first-order valence-corrected chi connectivity index (χ1v) is 8.43. The Balaban J connectivity index is 1.96. The normalized spacial score (nSPS) is 30.8. The van der Waals surface area contributed by atoms with Gasteiger partial charge in [-0.05, 0) is 19.1 Å². The van der Waals surface area contributed by atoms with Crippen molar-refractivity contribution in [3.63, 3.8) is 0 Å². The molecule has 2 saturated heterocycles. The predicted molar refractivity (Wildman–Crippen MR) is 95.1 cm³/mol. The maximum Gasteiger partial charge on any atom is 0.260 e. The molecule has 0 bridgehead atoms. The van der Waals surface area contributed by atoms with E-state index in [4.69, 9.17) is 27.9 Å². The second kappa shape index (κ2) is 5.35. The van der Waals surface area contributed by atoms with Gasteiger partial charge in [-0.25, -0.2) is 0 Å². The summed E-state index contributed by atoms with van der Waals surface area (Å²) < 4.78 is 6.17. The Morgan fingerprint density at radius 1 is 1.08 bits per heavy atom. The Bertz CT molecular complexity index is 833. The number of nitrogens with zero attached hydrogens (tertiary/aromatic N) is 1. The number of hydrogen-bond acceptors (Lipinski definition) is 2. The number of alkyl halides is 1. The third-order valence-electron chi connectivity index (χ3n) is 4.72. The van der Waals surface area contributed by atoms with Crippen molar-refractivity contribution in [1.29, 1.82) is 0 Å². The van der Waals surface area contributed by atoms with Crippen LogP contribution in [-0.4, -0.2) is 17.4 Å². The van der Waals surface area contributed by atoms with Crippen molar-refractivity contribution in [3.05, 3.63) is 76.8 Å². The van der Waals surface area contributed by atoms with Gasteiger partial charge in [0, 0.05) is 21.9 Å². The molecule has 3 nitrogen and oxygen atoms in total. The number of β-lactam (4-membered cyclic amide) rings is 1. The number of carbonyl (C=O) groups excluding carboxylic acids is 1. The fraction of sp³-hybridized carbons (Fsp3) is 0.211. The van der Waals surface area contributed by atoms with Crippen molar-refractivity contribution in [2.24, 2.45) is 0 Å². The first-order chi connectivity index (χ1) is 11.5. The molecule has 5 heteroatoms. The minimum atomic E-state index is -1.31. The van der Waals surface area contributed by atoms with E-state index in [1.807, 2.05) is 60.7 Å². The SMILES string of the molecule is C/C(Cl)=C1/CO[C@@]2(c3ccccc3)N(c3ccccc3)C(=O)[C@@]12Cl. The first-order valence-electron chi connectivity index (χ1n) is 7.67. The molecule has 2 aromatic rings. The van der Waals surface area contributed by atoms with Gasteiger partial charge >= 0.3 is 0 Å². The summed E-state index contributed by atoms with van der Waals surface area (Å²) in [5.41, 5.74) is 1.12. The van der Waals surface area contributed by atoms with Crippen molar-refractivity contribution >= 4 is 34.8 Å². The van der Waals surface area contributed by atoms with E-state index >= 15 is 0 Å². The minimum Gasteiger partial charge on any atom is -0.344 e. The Labute approximate surface area is 150 Å². The number of hydrogen-bond donors (Lipinski definition) is 0. The van der Waals surface area contributed by atoms with Crippen LogP contribution in [0, 0.1) is 0 Å². The molecule has 2 heterocycles. The average molecular weight is 360 g/mol. The quantitative estimate of drug-likeness (QED) is 0.587. The van der Waals surface area contributed by atoms with E-state index in [0.29, 0.717) is 10.6 Å². The second-order valence-electron chi connectivity index (χ2n) is 5.95. The topological polar surface area (TPSA) is 29.5 Å². The smallest absolute Gasteiger partial charge is 0.260 e. The number of fused-ring (bicyclic) bond motifs is 1. The van der Waals surface area contributed by atoms with Gasteiger partial charge in [-0.3, -0.25) is 9.69 Å². The van der Waals surface area contributed by atoms with Gasteiger partial charge in [0.15, 0.2) is 0 Å². The maximum atomic E-state index is 13.1. The summed E-state index contributed by atoms with van der Waals surface area (Å²) in [5, 5.41) is 0.504. The standard InChI is InChI=1S/C19H15Cl2NO2/c1-13(20)16-12-24-19(14-8-4-2-5-9-14)18(16,21)17(23)22(19)15-10-6-3-7-11-15/h2-11H,12H2,1H3/b16-13+/t18-,19+/m0/s1. The summed E-state index contributed by atoms with van der Waals surface area (Å²) in [6.07, 6.45) is 0. The third-order valence-corrected chi connectivity index (χ3v) is 5.59. The molecule has 0 N–H and O–H groups in total. The Kier molecular flexibility index (Phi) is 3.50. The Morgan fingerprint density at radius 2 is 1.67 bits per heavy atom. The first kappa shape index (κ1) is 15.7. The fourth-order valence-corrected chi connectivity index (χ4v) is 4.38. The molecule has 0 aliphatic carbocycles. The van der Waals surface area contributed by atoms with Gasteiger partial charge in [0.2, 0.25) is 10.6 Å². The van der Waals surface area contributed by atoms with E-state index in [1.54, 1.807) is 11.8 Å². The second-order valence-corrected chi connectivity index (χ2v) is 7.08. The molecule has 2 aromatic carbocycles. The van der Waals surface area contributed by atoms with E-state index in [1.165, 1.54) is 0 Å². The molecule has 0 spiro atoms. The van der Waals surface area contributed by atoms with Crippen molar-refractivity contribution in [2.45, 2.75) is 17.5 Å². The maximum absolute atomic E-state index is 13.1. The molecule has 24 heavy (non-hydrogen) atoms. The highest BCUT2D eigenvalue weighted by Crippen LogP contribution is 2.63. The molecule has 2 aliphatic heterocycles. The molecule has 0 aromatic heterocycles. The number of amides is 1. The van der Waals surface area contributed by atoms with Crippen LogP contribution in [-0.2, 0) is 15.3 Å². The summed E-state index contributed by atoms with van der Waals surface area (Å²) >= 11 is 13.1. The van der Waals surface area contributed by atoms with Gasteiger partial charge in [-0.2, -0.15) is 0 Å². The monoisotopic (exact) mass is 359 g/mol. The van der Waals surface area contributed by atoms with Gasteiger partial charge in [0.25, 0.3) is 5.91 Å². The van der Waals surface area contributed by atoms with E-state index in [0.717, 1.165) is 11.3 Å². The summed E-state index contributed by atoms with van der Waals surface area (Å²) in [4.78, 5) is 13.4. The summed E-state index contributed by atoms with van der Waals surface area (Å²) in [7, 11) is 0. The number of anilines is 1. The van der Waals surface area contributed by atoms with E-state index < -0.39 is 10.6 Å². The number of halogens is 2. The van der Waals surface area contributed by atoms with E-state index in [2.05, 4.69) is 0 Å². The minimum absolute atomic E-state index is 0.216. The lowest BCUT2D eigenvalue weighted by Gasteiger charge is -2.57. The number of ether oxygens (including phenoxy) is 1. The fourth-order valence-electron chi connectivity index (χ4n) is 3.61. The van der Waals surface area contributed by atoms with Crippen LogP contribution in [0.15, 0.2) is 71.3 Å². The van der Waals surface area contributed by atoms with E-state index in [-0.39, 0.29) is 12.5 Å². The highest BCUT2D eigenvalue weighted by molar-refractivity contribution is 6.46. The summed E-state index contributed by atoms with van der Waals surface area (Å²) in [5.74, 6) is -0.216. The van der Waals surface area contributed by atoms with Crippen LogP contribution in [0.2, 0.25) is 0 Å². The van der Waals surface area contributed by atoms with Crippen molar-refractivity contribution < 1.29 is 9.53 Å². The number of allylic oxidation sites excluding steroid dienone is 1. The van der Waals surface area contributed by atoms with Crippen LogP contribution < -0.4 is 4.90 Å². The average Bonchev–Trinajstić information content (AvgIpc) is 2.87. The molecule has 4 rings (SSSR count). The van der Waals surface area contributed by atoms with Crippen molar-refractivity contribution in [2.75, 3.05) is 11.5 Å². The van der Waals surface area contributed by atoms with Gasteiger partial charge in [-0.15, -0.1) is 0 Å². The highest BCUT2D eigenvalue weighted by Gasteiger charge is 2.78. The zero-order valence-electron chi connectivity index (χ0n) is 13.0. The van der Waals surface area contributed by atoms with Crippen LogP contribution in [0.3, 0.4) is 0 Å². The Morgan fingerprint density at radius 3 is 2.25 bits per heavy atom. The molecule has 0 radical (unpaired) electrons. The number of rotatable bonds is 2. The third kappa shape index (κ3) is 1.75. The largest absolute Gasteiger partial charge is 0.344 e. The number of benzene rings is 2. The molecule has 0 saturated carbocycles. The molecule has 2 fully saturated rings. The van der Waals surface area contributed by atoms with Crippen LogP contribution in [0.25, 0.3) is 0 Å². The molecule has 0 unspecified atom stereocenters. The summed E-state index contributed by atoms with van der Waals surface area (Å²) in [6.45, 7) is 1.96.